The van der Waals surface area contributed by atoms with Gasteiger partial charge < -0.3 is 19.3 Å². The summed E-state index contributed by atoms with van der Waals surface area (Å²) in [5, 5.41) is 8.36. The largest absolute Gasteiger partial charge is 0.497 e. The van der Waals surface area contributed by atoms with Gasteiger partial charge in [0.2, 0.25) is 5.82 Å². The number of para-hydroxylation sites is 1. The van der Waals surface area contributed by atoms with E-state index in [-0.39, 0.29) is 6.04 Å². The van der Waals surface area contributed by atoms with Gasteiger partial charge in [-0.05, 0) is 80.2 Å². The first-order valence-electron chi connectivity index (χ1n) is 11.7. The lowest BCUT2D eigenvalue weighted by molar-refractivity contribution is 0.340. The molecule has 1 aliphatic rings. The van der Waals surface area contributed by atoms with Crippen LogP contribution in [0.4, 0.5) is 5.69 Å². The average Bonchev–Trinajstić information content (AvgIpc) is 3.39. The Morgan fingerprint density at radius 2 is 1.67 bits per heavy atom. The Balaban J connectivity index is 1.59. The van der Waals surface area contributed by atoms with Gasteiger partial charge in [0.15, 0.2) is 5.11 Å². The van der Waals surface area contributed by atoms with Gasteiger partial charge in [-0.2, -0.15) is 4.98 Å². The molecule has 7 nitrogen and oxygen atoms in total. The van der Waals surface area contributed by atoms with Gasteiger partial charge in [0.05, 0.1) is 25.3 Å². The summed E-state index contributed by atoms with van der Waals surface area (Å²) in [6.07, 6.45) is 0. The number of benzene rings is 3. The van der Waals surface area contributed by atoms with Crippen LogP contribution in [0.2, 0.25) is 0 Å². The number of allylic oxidation sites excluding steroid dienone is 1. The number of hydrogen-bond acceptors (Lipinski definition) is 6. The van der Waals surface area contributed by atoms with Gasteiger partial charge >= 0.3 is 0 Å². The molecule has 0 fully saturated rings. The summed E-state index contributed by atoms with van der Waals surface area (Å²) < 4.78 is 16.7. The van der Waals surface area contributed by atoms with E-state index >= 15 is 0 Å². The Hall–Kier alpha value is -4.17. The van der Waals surface area contributed by atoms with Crippen LogP contribution in [0.3, 0.4) is 0 Å². The van der Waals surface area contributed by atoms with Crippen LogP contribution in [0.25, 0.3) is 17.0 Å². The number of thiocarbonyl (C=S) groups is 1. The zero-order valence-electron chi connectivity index (χ0n) is 20.3. The van der Waals surface area contributed by atoms with Gasteiger partial charge in [-0.25, -0.2) is 0 Å². The molecule has 1 N–H and O–H groups in total. The second-order valence-electron chi connectivity index (χ2n) is 8.21. The molecule has 4 aromatic rings. The number of anilines is 1. The van der Waals surface area contributed by atoms with E-state index in [1.165, 1.54) is 0 Å². The van der Waals surface area contributed by atoms with Crippen LogP contribution < -0.4 is 19.7 Å². The van der Waals surface area contributed by atoms with Crippen molar-refractivity contribution in [2.24, 2.45) is 0 Å². The minimum Gasteiger partial charge on any atom is -0.497 e. The molecule has 182 valence electrons. The number of nitrogens with zero attached hydrogens (tertiary/aromatic N) is 3. The van der Waals surface area contributed by atoms with Crippen molar-refractivity contribution in [1.29, 1.82) is 0 Å². The van der Waals surface area contributed by atoms with Gasteiger partial charge in [-0.15, -0.1) is 0 Å². The zero-order valence-corrected chi connectivity index (χ0v) is 21.1. The topological polar surface area (TPSA) is 72.7 Å². The quantitative estimate of drug-likeness (QED) is 0.311. The summed E-state index contributed by atoms with van der Waals surface area (Å²) in [6, 6.07) is 25.2. The molecule has 0 radical (unpaired) electrons. The third-order valence-corrected chi connectivity index (χ3v) is 6.33. The monoisotopic (exact) mass is 498 g/mol. The first-order chi connectivity index (χ1) is 17.6. The lowest BCUT2D eigenvalue weighted by Crippen LogP contribution is -2.46. The lowest BCUT2D eigenvalue weighted by atomic mass is 9.94. The van der Waals surface area contributed by atoms with Gasteiger partial charge in [-0.1, -0.05) is 35.5 Å². The smallest absolute Gasteiger partial charge is 0.258 e. The second-order valence-corrected chi connectivity index (χ2v) is 8.59. The first-order valence-corrected chi connectivity index (χ1v) is 12.1. The van der Waals surface area contributed by atoms with Crippen molar-refractivity contribution in [3.8, 4) is 22.9 Å². The van der Waals surface area contributed by atoms with Gasteiger partial charge in [0.25, 0.3) is 5.89 Å². The van der Waals surface area contributed by atoms with Gasteiger partial charge in [-0.3, -0.25) is 4.90 Å². The minimum atomic E-state index is -0.281. The normalized spacial score (nSPS) is 15.6. The molecule has 0 saturated carbocycles. The Morgan fingerprint density at radius 1 is 0.972 bits per heavy atom. The third kappa shape index (κ3) is 4.55. The Morgan fingerprint density at radius 3 is 2.33 bits per heavy atom. The molecule has 1 aromatic heterocycles. The summed E-state index contributed by atoms with van der Waals surface area (Å²) in [6.45, 7) is 4.59. The molecule has 0 amide bonds. The summed E-state index contributed by atoms with van der Waals surface area (Å²) >= 11 is 5.81. The predicted octanol–water partition coefficient (Wildman–Crippen LogP) is 6.01. The van der Waals surface area contributed by atoms with Crippen LogP contribution in [0.1, 0.15) is 31.3 Å². The Bertz CT molecular complexity index is 1380. The molecule has 0 aliphatic carbocycles. The maximum absolute atomic E-state index is 5.84. The van der Waals surface area contributed by atoms with Crippen molar-refractivity contribution in [1.82, 2.24) is 15.5 Å². The number of aromatic nitrogens is 2. The Labute approximate surface area is 215 Å². The highest BCUT2D eigenvalue weighted by Gasteiger charge is 2.34. The number of hydrogen-bond donors (Lipinski definition) is 1. The van der Waals surface area contributed by atoms with E-state index in [2.05, 4.69) is 10.5 Å². The van der Waals surface area contributed by atoms with Crippen molar-refractivity contribution >= 4 is 28.6 Å². The molecular formula is C28H26N4O3S. The molecule has 0 spiro atoms. The van der Waals surface area contributed by atoms with Crippen LogP contribution in [0.5, 0.6) is 11.5 Å². The zero-order chi connectivity index (χ0) is 25.1. The van der Waals surface area contributed by atoms with Crippen molar-refractivity contribution in [2.45, 2.75) is 19.9 Å². The van der Waals surface area contributed by atoms with Crippen LogP contribution in [0.15, 0.2) is 89.1 Å². The first kappa shape index (κ1) is 23.6. The van der Waals surface area contributed by atoms with E-state index < -0.39 is 0 Å². The van der Waals surface area contributed by atoms with Crippen molar-refractivity contribution in [3.63, 3.8) is 0 Å². The minimum absolute atomic E-state index is 0.281. The summed E-state index contributed by atoms with van der Waals surface area (Å²) in [5.41, 5.74) is 4.55. The molecule has 5 rings (SSSR count). The molecule has 1 atom stereocenters. The van der Waals surface area contributed by atoms with E-state index in [9.17, 15) is 0 Å². The predicted molar refractivity (Wildman–Crippen MR) is 144 cm³/mol. The van der Waals surface area contributed by atoms with Crippen molar-refractivity contribution in [2.75, 3.05) is 18.6 Å². The lowest BCUT2D eigenvalue weighted by Gasteiger charge is -2.37. The fourth-order valence-electron chi connectivity index (χ4n) is 4.27. The number of rotatable bonds is 7. The van der Waals surface area contributed by atoms with Crippen LogP contribution >= 0.6 is 12.2 Å². The molecule has 3 aromatic carbocycles. The fraction of sp³-hybridized carbons (Fsp3) is 0.179. The molecule has 36 heavy (non-hydrogen) atoms. The highest BCUT2D eigenvalue weighted by atomic mass is 32.1. The molecule has 0 bridgehead atoms. The van der Waals surface area contributed by atoms with E-state index in [1.807, 2.05) is 97.6 Å². The highest BCUT2D eigenvalue weighted by molar-refractivity contribution is 7.80. The molecule has 1 unspecified atom stereocenters. The van der Waals surface area contributed by atoms with E-state index in [4.69, 9.17) is 31.2 Å². The molecule has 2 heterocycles. The maximum Gasteiger partial charge on any atom is 0.258 e. The van der Waals surface area contributed by atoms with Crippen LogP contribution in [0, 0.1) is 0 Å². The fourth-order valence-corrected chi connectivity index (χ4v) is 4.63. The van der Waals surface area contributed by atoms with Crippen molar-refractivity contribution < 1.29 is 14.0 Å². The number of nitrogens with one attached hydrogen (secondary N) is 1. The standard InChI is InChI=1S/C28H26N4O3S/c1-4-34-23-16-12-20(13-17-23)26-30-27(35-31-26)24-18(2)32(21-8-6-5-7-9-21)28(36)29-25(24)19-10-14-22(33-3)15-11-19/h5-17,25H,4H2,1-3H3,(H,29,36). The summed E-state index contributed by atoms with van der Waals surface area (Å²) in [5.74, 6) is 2.50. The number of ether oxygens (including phenoxy) is 2. The summed E-state index contributed by atoms with van der Waals surface area (Å²) in [4.78, 5) is 6.77. The van der Waals surface area contributed by atoms with Crippen molar-refractivity contribution in [3.05, 3.63) is 96.0 Å². The highest BCUT2D eigenvalue weighted by Crippen LogP contribution is 2.39. The molecule has 8 heteroatoms. The van der Waals surface area contributed by atoms with E-state index in [0.29, 0.717) is 23.4 Å². The van der Waals surface area contributed by atoms with Gasteiger partial charge in [0.1, 0.15) is 11.5 Å². The average molecular weight is 499 g/mol. The van der Waals surface area contributed by atoms with Crippen LogP contribution in [-0.2, 0) is 0 Å². The number of methoxy groups -OCH3 is 1. The third-order valence-electron chi connectivity index (χ3n) is 6.03. The van der Waals surface area contributed by atoms with E-state index in [0.717, 1.165) is 39.6 Å². The molecular weight excluding hydrogens is 472 g/mol. The maximum atomic E-state index is 5.84. The van der Waals surface area contributed by atoms with E-state index in [1.54, 1.807) is 7.11 Å². The van der Waals surface area contributed by atoms with Crippen LogP contribution in [-0.4, -0.2) is 29.0 Å². The Kier molecular flexibility index (Phi) is 6.69. The molecule has 0 saturated heterocycles. The van der Waals surface area contributed by atoms with Gasteiger partial charge in [0, 0.05) is 16.9 Å². The second kappa shape index (κ2) is 10.2. The summed E-state index contributed by atoms with van der Waals surface area (Å²) in [7, 11) is 1.65. The SMILES string of the molecule is CCOc1ccc(-c2noc(C3=C(C)N(c4ccccc4)C(=S)NC3c3ccc(OC)cc3)n2)cc1. The molecule has 1 aliphatic heterocycles.